The molecule has 0 spiro atoms. The Morgan fingerprint density at radius 3 is 2.70 bits per heavy atom. The number of nitrogens with zero attached hydrogens (tertiary/aromatic N) is 3. The number of nitro groups is 1. The summed E-state index contributed by atoms with van der Waals surface area (Å²) in [6.45, 7) is 2.36. The lowest BCUT2D eigenvalue weighted by Gasteiger charge is -2.19. The SMILES string of the molecule is Cc1ccc(N(C)Cc2ccc(Cl)nc2)c([N+](=O)[O-])c1. The molecule has 6 heteroatoms. The van der Waals surface area contributed by atoms with Gasteiger partial charge in [0.15, 0.2) is 0 Å². The van der Waals surface area contributed by atoms with Gasteiger partial charge < -0.3 is 4.90 Å². The fourth-order valence-corrected chi connectivity index (χ4v) is 2.07. The molecule has 0 radical (unpaired) electrons. The van der Waals surface area contributed by atoms with Crippen LogP contribution >= 0.6 is 11.6 Å². The lowest BCUT2D eigenvalue weighted by molar-refractivity contribution is -0.384. The average Bonchev–Trinajstić information content (AvgIpc) is 2.41. The van der Waals surface area contributed by atoms with Gasteiger partial charge in [-0.25, -0.2) is 4.98 Å². The van der Waals surface area contributed by atoms with Crippen molar-refractivity contribution in [2.24, 2.45) is 0 Å². The molecule has 1 aromatic carbocycles. The van der Waals surface area contributed by atoms with Crippen LogP contribution in [0.1, 0.15) is 11.1 Å². The molecule has 0 bridgehead atoms. The first-order valence-corrected chi connectivity index (χ1v) is 6.42. The zero-order valence-electron chi connectivity index (χ0n) is 11.2. The molecule has 0 amide bonds. The standard InChI is InChI=1S/C14H14ClN3O2/c1-10-3-5-12(13(7-10)18(19)20)17(2)9-11-4-6-14(15)16-8-11/h3-8H,9H2,1-2H3. The number of rotatable bonds is 4. The summed E-state index contributed by atoms with van der Waals surface area (Å²) in [6, 6.07) is 8.75. The molecule has 20 heavy (non-hydrogen) atoms. The molecule has 0 fully saturated rings. The van der Waals surface area contributed by atoms with Gasteiger partial charge in [-0.15, -0.1) is 0 Å². The van der Waals surface area contributed by atoms with Gasteiger partial charge in [-0.1, -0.05) is 23.7 Å². The highest BCUT2D eigenvalue weighted by atomic mass is 35.5. The molecule has 0 aliphatic carbocycles. The summed E-state index contributed by atoms with van der Waals surface area (Å²) >= 11 is 5.74. The van der Waals surface area contributed by atoms with Crippen LogP contribution in [-0.4, -0.2) is 17.0 Å². The minimum absolute atomic E-state index is 0.106. The molecule has 0 N–H and O–H groups in total. The third-order valence-corrected chi connectivity index (χ3v) is 3.17. The number of benzene rings is 1. The van der Waals surface area contributed by atoms with Crippen LogP contribution in [0.2, 0.25) is 5.15 Å². The lowest BCUT2D eigenvalue weighted by Crippen LogP contribution is -2.17. The predicted molar refractivity (Wildman–Crippen MR) is 79.2 cm³/mol. The Balaban J connectivity index is 2.27. The average molecular weight is 292 g/mol. The molecule has 104 valence electrons. The van der Waals surface area contributed by atoms with Gasteiger partial charge in [0.2, 0.25) is 0 Å². The molecule has 1 aromatic heterocycles. The molecular weight excluding hydrogens is 278 g/mol. The molecule has 0 aliphatic heterocycles. The van der Waals surface area contributed by atoms with E-state index in [2.05, 4.69) is 4.98 Å². The van der Waals surface area contributed by atoms with Gasteiger partial charge in [-0.05, 0) is 30.2 Å². The topological polar surface area (TPSA) is 59.3 Å². The van der Waals surface area contributed by atoms with E-state index in [4.69, 9.17) is 11.6 Å². The number of pyridine rings is 1. The highest BCUT2D eigenvalue weighted by Gasteiger charge is 2.17. The third-order valence-electron chi connectivity index (χ3n) is 2.95. The molecular formula is C14H14ClN3O2. The van der Waals surface area contributed by atoms with Gasteiger partial charge in [0, 0.05) is 25.9 Å². The predicted octanol–water partition coefficient (Wildman–Crippen LogP) is 3.59. The second kappa shape index (κ2) is 5.88. The Labute approximate surface area is 122 Å². The van der Waals surface area contributed by atoms with E-state index in [1.54, 1.807) is 24.4 Å². The summed E-state index contributed by atoms with van der Waals surface area (Å²) in [7, 11) is 1.81. The Morgan fingerprint density at radius 2 is 2.10 bits per heavy atom. The summed E-state index contributed by atoms with van der Waals surface area (Å²) in [5.74, 6) is 0. The van der Waals surface area contributed by atoms with Crippen LogP contribution < -0.4 is 4.90 Å². The number of nitro benzene ring substituents is 1. The monoisotopic (exact) mass is 291 g/mol. The van der Waals surface area contributed by atoms with Crippen molar-refractivity contribution in [1.29, 1.82) is 0 Å². The first-order chi connectivity index (χ1) is 9.47. The number of aromatic nitrogens is 1. The van der Waals surface area contributed by atoms with Crippen molar-refractivity contribution in [1.82, 2.24) is 4.98 Å². The zero-order valence-corrected chi connectivity index (χ0v) is 12.0. The van der Waals surface area contributed by atoms with Crippen LogP contribution in [0.15, 0.2) is 36.5 Å². The highest BCUT2D eigenvalue weighted by molar-refractivity contribution is 6.29. The summed E-state index contributed by atoms with van der Waals surface area (Å²) in [5, 5.41) is 11.6. The minimum atomic E-state index is -0.362. The van der Waals surface area contributed by atoms with Crippen LogP contribution in [0, 0.1) is 17.0 Å². The van der Waals surface area contributed by atoms with Crippen LogP contribution in [0.25, 0.3) is 0 Å². The number of anilines is 1. The van der Waals surface area contributed by atoms with Crippen LogP contribution in [0.4, 0.5) is 11.4 Å². The van der Waals surface area contributed by atoms with Crippen LogP contribution in [0.3, 0.4) is 0 Å². The maximum Gasteiger partial charge on any atom is 0.292 e. The van der Waals surface area contributed by atoms with Crippen molar-refractivity contribution in [2.75, 3.05) is 11.9 Å². The fourth-order valence-electron chi connectivity index (χ4n) is 1.96. The van der Waals surface area contributed by atoms with Gasteiger partial charge in [0.1, 0.15) is 10.8 Å². The number of hydrogen-bond acceptors (Lipinski definition) is 4. The molecule has 0 saturated carbocycles. The van der Waals surface area contributed by atoms with Gasteiger partial charge in [0.25, 0.3) is 5.69 Å². The first-order valence-electron chi connectivity index (χ1n) is 6.04. The summed E-state index contributed by atoms with van der Waals surface area (Å²) in [4.78, 5) is 16.6. The molecule has 0 saturated heterocycles. The van der Waals surface area contributed by atoms with E-state index in [1.807, 2.05) is 31.0 Å². The van der Waals surface area contributed by atoms with E-state index >= 15 is 0 Å². The maximum atomic E-state index is 11.1. The smallest absolute Gasteiger partial charge is 0.292 e. The molecule has 5 nitrogen and oxygen atoms in total. The Morgan fingerprint density at radius 1 is 1.35 bits per heavy atom. The van der Waals surface area contributed by atoms with E-state index in [-0.39, 0.29) is 10.6 Å². The second-order valence-electron chi connectivity index (χ2n) is 4.59. The van der Waals surface area contributed by atoms with Crippen LogP contribution in [0.5, 0.6) is 0 Å². The van der Waals surface area contributed by atoms with E-state index in [9.17, 15) is 10.1 Å². The number of aryl methyl sites for hydroxylation is 1. The fraction of sp³-hybridized carbons (Fsp3) is 0.214. The maximum absolute atomic E-state index is 11.1. The van der Waals surface area contributed by atoms with Gasteiger partial charge in [0.05, 0.1) is 4.92 Å². The Bertz CT molecular complexity index is 629. The van der Waals surface area contributed by atoms with Crippen molar-refractivity contribution in [2.45, 2.75) is 13.5 Å². The van der Waals surface area contributed by atoms with Gasteiger partial charge in [-0.2, -0.15) is 0 Å². The molecule has 0 atom stereocenters. The lowest BCUT2D eigenvalue weighted by atomic mass is 10.1. The Hall–Kier alpha value is -2.14. The quantitative estimate of drug-likeness (QED) is 0.491. The van der Waals surface area contributed by atoms with Gasteiger partial charge in [-0.3, -0.25) is 10.1 Å². The molecule has 2 aromatic rings. The zero-order chi connectivity index (χ0) is 14.7. The largest absolute Gasteiger partial charge is 0.365 e. The van der Waals surface area contributed by atoms with Crippen molar-refractivity contribution in [3.63, 3.8) is 0 Å². The van der Waals surface area contributed by atoms with E-state index in [0.717, 1.165) is 11.1 Å². The molecule has 0 aliphatic rings. The van der Waals surface area contributed by atoms with Crippen molar-refractivity contribution in [3.8, 4) is 0 Å². The summed E-state index contributed by atoms with van der Waals surface area (Å²) in [6.07, 6.45) is 1.67. The molecule has 2 rings (SSSR count). The summed E-state index contributed by atoms with van der Waals surface area (Å²) < 4.78 is 0. The Kier molecular flexibility index (Phi) is 4.20. The number of hydrogen-bond donors (Lipinski definition) is 0. The minimum Gasteiger partial charge on any atom is -0.365 e. The summed E-state index contributed by atoms with van der Waals surface area (Å²) in [5.41, 5.74) is 2.48. The van der Waals surface area contributed by atoms with E-state index < -0.39 is 0 Å². The number of halogens is 1. The van der Waals surface area contributed by atoms with Crippen molar-refractivity contribution >= 4 is 23.0 Å². The molecule has 1 heterocycles. The van der Waals surface area contributed by atoms with Crippen molar-refractivity contribution < 1.29 is 4.92 Å². The highest BCUT2D eigenvalue weighted by Crippen LogP contribution is 2.29. The normalized spacial score (nSPS) is 10.3. The van der Waals surface area contributed by atoms with Crippen LogP contribution in [-0.2, 0) is 6.54 Å². The van der Waals surface area contributed by atoms with Crippen molar-refractivity contribution in [3.05, 3.63) is 62.9 Å². The first kappa shape index (κ1) is 14.3. The molecule has 0 unspecified atom stereocenters. The van der Waals surface area contributed by atoms with E-state index in [0.29, 0.717) is 17.4 Å². The van der Waals surface area contributed by atoms with E-state index in [1.165, 1.54) is 0 Å². The third kappa shape index (κ3) is 3.24. The van der Waals surface area contributed by atoms with Gasteiger partial charge >= 0.3 is 0 Å². The second-order valence-corrected chi connectivity index (χ2v) is 4.98.